The summed E-state index contributed by atoms with van der Waals surface area (Å²) in [6, 6.07) is 18.6. The zero-order valence-corrected chi connectivity index (χ0v) is 26.4. The molecule has 0 fully saturated rings. The molecule has 0 heterocycles. The molecule has 0 saturated carbocycles. The van der Waals surface area contributed by atoms with Crippen molar-refractivity contribution >= 4 is 23.9 Å². The molecule has 0 unspecified atom stereocenters. The summed E-state index contributed by atoms with van der Waals surface area (Å²) in [5.74, 6) is -0.753. The van der Waals surface area contributed by atoms with Crippen LogP contribution in [0.4, 0.5) is 0 Å². The Morgan fingerprint density at radius 1 is 0.489 bits per heavy atom. The number of carbonyl (C=O) groups is 4. The van der Waals surface area contributed by atoms with E-state index in [-0.39, 0.29) is 28.6 Å². The second-order valence-corrected chi connectivity index (χ2v) is 10.4. The molecule has 0 aliphatic heterocycles. The summed E-state index contributed by atoms with van der Waals surface area (Å²) >= 11 is 0. The SMILES string of the molecule is C=CC(=O)OCCCCCCCCCCCOc1ccc(OC(=O)c2ccc(OC(=O)c3ccc(OOC(=O)C=C)cc3)cc2)cc1. The third kappa shape index (κ3) is 14.1. The van der Waals surface area contributed by atoms with Gasteiger partial charge >= 0.3 is 23.9 Å². The second kappa shape index (κ2) is 20.6. The molecule has 3 aromatic rings. The molecule has 0 N–H and O–H groups in total. The first-order valence-corrected chi connectivity index (χ1v) is 15.6. The van der Waals surface area contributed by atoms with E-state index in [2.05, 4.69) is 18.0 Å². The number of unbranched alkanes of at least 4 members (excludes halogenated alkanes) is 8. The van der Waals surface area contributed by atoms with Crippen molar-refractivity contribution in [1.29, 1.82) is 0 Å². The van der Waals surface area contributed by atoms with Crippen LogP contribution >= 0.6 is 0 Å². The molecule has 10 heteroatoms. The fraction of sp³-hybridized carbons (Fsp3) is 0.297. The summed E-state index contributed by atoms with van der Waals surface area (Å²) in [4.78, 5) is 56.4. The van der Waals surface area contributed by atoms with Crippen LogP contribution in [-0.2, 0) is 19.2 Å². The maximum Gasteiger partial charge on any atom is 0.378 e. The van der Waals surface area contributed by atoms with Gasteiger partial charge in [0.15, 0.2) is 5.75 Å². The highest BCUT2D eigenvalue weighted by molar-refractivity contribution is 5.92. The summed E-state index contributed by atoms with van der Waals surface area (Å²) in [7, 11) is 0. The molecule has 3 rings (SSSR count). The van der Waals surface area contributed by atoms with Crippen molar-refractivity contribution in [2.75, 3.05) is 13.2 Å². The van der Waals surface area contributed by atoms with Crippen LogP contribution in [0.15, 0.2) is 98.1 Å². The number of hydrogen-bond acceptors (Lipinski definition) is 10. The van der Waals surface area contributed by atoms with Crippen molar-refractivity contribution in [3.05, 3.63) is 109 Å². The largest absolute Gasteiger partial charge is 0.494 e. The van der Waals surface area contributed by atoms with Crippen molar-refractivity contribution in [2.24, 2.45) is 0 Å². The number of benzene rings is 3. The fourth-order valence-corrected chi connectivity index (χ4v) is 4.23. The van der Waals surface area contributed by atoms with E-state index in [1.807, 2.05) is 0 Å². The maximum atomic E-state index is 12.6. The number of ether oxygens (including phenoxy) is 4. The van der Waals surface area contributed by atoms with Crippen LogP contribution in [0, 0.1) is 0 Å². The van der Waals surface area contributed by atoms with Crippen LogP contribution in [0.5, 0.6) is 23.0 Å². The lowest BCUT2D eigenvalue weighted by molar-refractivity contribution is -0.207. The van der Waals surface area contributed by atoms with Crippen LogP contribution in [-0.4, -0.2) is 37.1 Å². The van der Waals surface area contributed by atoms with Crippen LogP contribution in [0.3, 0.4) is 0 Å². The zero-order chi connectivity index (χ0) is 33.7. The molecule has 0 spiro atoms. The highest BCUT2D eigenvalue weighted by Crippen LogP contribution is 2.21. The Hall–Kier alpha value is -5.38. The van der Waals surface area contributed by atoms with Gasteiger partial charge in [0.1, 0.15) is 17.2 Å². The number of carbonyl (C=O) groups excluding carboxylic acids is 4. The first kappa shape index (κ1) is 36.1. The molecule has 0 aliphatic carbocycles. The van der Waals surface area contributed by atoms with Gasteiger partial charge in [-0.2, -0.15) is 0 Å². The summed E-state index contributed by atoms with van der Waals surface area (Å²) in [5.41, 5.74) is 0.525. The quantitative estimate of drug-likeness (QED) is 0.0284. The first-order chi connectivity index (χ1) is 22.9. The smallest absolute Gasteiger partial charge is 0.378 e. The number of hydrogen-bond donors (Lipinski definition) is 0. The van der Waals surface area contributed by atoms with Crippen molar-refractivity contribution in [1.82, 2.24) is 0 Å². The van der Waals surface area contributed by atoms with Gasteiger partial charge in [-0.3, -0.25) is 4.89 Å². The molecule has 47 heavy (non-hydrogen) atoms. The van der Waals surface area contributed by atoms with Crippen LogP contribution in [0.25, 0.3) is 0 Å². The maximum absolute atomic E-state index is 12.6. The first-order valence-electron chi connectivity index (χ1n) is 15.6. The van der Waals surface area contributed by atoms with Gasteiger partial charge in [0.05, 0.1) is 24.3 Å². The van der Waals surface area contributed by atoms with Crippen LogP contribution in [0.1, 0.15) is 78.5 Å². The molecule has 0 amide bonds. The highest BCUT2D eigenvalue weighted by Gasteiger charge is 2.13. The van der Waals surface area contributed by atoms with Gasteiger partial charge in [0.25, 0.3) is 0 Å². The number of rotatable bonds is 21. The van der Waals surface area contributed by atoms with Crippen molar-refractivity contribution in [3.8, 4) is 23.0 Å². The van der Waals surface area contributed by atoms with Crippen LogP contribution in [0.2, 0.25) is 0 Å². The molecule has 3 aromatic carbocycles. The Morgan fingerprint density at radius 3 is 1.38 bits per heavy atom. The lowest BCUT2D eigenvalue weighted by Crippen LogP contribution is -2.10. The van der Waals surface area contributed by atoms with Gasteiger partial charge in [-0.05, 0) is 85.6 Å². The van der Waals surface area contributed by atoms with Crippen molar-refractivity contribution in [2.45, 2.75) is 57.8 Å². The van der Waals surface area contributed by atoms with E-state index >= 15 is 0 Å². The van der Waals surface area contributed by atoms with Gasteiger partial charge < -0.3 is 18.9 Å². The molecule has 0 atom stereocenters. The zero-order valence-electron chi connectivity index (χ0n) is 26.4. The molecule has 0 saturated heterocycles. The van der Waals surface area contributed by atoms with Crippen molar-refractivity contribution in [3.63, 3.8) is 0 Å². The fourth-order valence-electron chi connectivity index (χ4n) is 4.23. The van der Waals surface area contributed by atoms with E-state index in [1.165, 1.54) is 80.3 Å². The van der Waals surface area contributed by atoms with E-state index < -0.39 is 17.9 Å². The summed E-state index contributed by atoms with van der Waals surface area (Å²) in [5, 5.41) is 0. The van der Waals surface area contributed by atoms with E-state index in [1.54, 1.807) is 24.3 Å². The minimum absolute atomic E-state index is 0.214. The predicted molar refractivity (Wildman–Crippen MR) is 174 cm³/mol. The van der Waals surface area contributed by atoms with Gasteiger partial charge in [0, 0.05) is 12.2 Å². The van der Waals surface area contributed by atoms with Gasteiger partial charge in [0.2, 0.25) is 0 Å². The molecule has 0 aromatic heterocycles. The molecule has 0 bridgehead atoms. The molecular weight excluding hydrogens is 604 g/mol. The van der Waals surface area contributed by atoms with E-state index in [0.717, 1.165) is 38.2 Å². The lowest BCUT2D eigenvalue weighted by Gasteiger charge is -2.09. The summed E-state index contributed by atoms with van der Waals surface area (Å²) in [6.45, 7) is 7.72. The molecule has 248 valence electrons. The minimum atomic E-state index is -0.750. The Kier molecular flexibility index (Phi) is 15.8. The summed E-state index contributed by atoms with van der Waals surface area (Å²) in [6.07, 6.45) is 12.1. The average Bonchev–Trinajstić information content (AvgIpc) is 3.10. The Balaban J connectivity index is 1.28. The molecule has 0 aliphatic rings. The normalized spacial score (nSPS) is 10.3. The highest BCUT2D eigenvalue weighted by atomic mass is 17.2. The third-order valence-electron chi connectivity index (χ3n) is 6.78. The van der Waals surface area contributed by atoms with Crippen LogP contribution < -0.4 is 19.1 Å². The standard InChI is InChI=1S/C37H40O10/c1-3-34(38)43-27-13-11-9-7-5-6-8-10-12-26-42-30-22-24-32(25-23-30)45-36(40)28-14-18-31(19-15-28)44-37(41)29-16-20-33(21-17-29)46-47-35(39)4-2/h3-4,14-25H,1-2,5-13,26-27H2. The summed E-state index contributed by atoms with van der Waals surface area (Å²) < 4.78 is 21.6. The van der Waals surface area contributed by atoms with Gasteiger partial charge in [-0.1, -0.05) is 58.1 Å². The van der Waals surface area contributed by atoms with E-state index in [0.29, 0.717) is 24.7 Å². The minimum Gasteiger partial charge on any atom is -0.494 e. The van der Waals surface area contributed by atoms with Gasteiger partial charge in [-0.15, -0.1) is 0 Å². The van der Waals surface area contributed by atoms with Crippen molar-refractivity contribution < 1.29 is 47.9 Å². The molecule has 10 nitrogen and oxygen atoms in total. The molecule has 0 radical (unpaired) electrons. The van der Waals surface area contributed by atoms with E-state index in [4.69, 9.17) is 23.8 Å². The Labute approximate surface area is 274 Å². The third-order valence-corrected chi connectivity index (χ3v) is 6.78. The Morgan fingerprint density at radius 2 is 0.894 bits per heavy atom. The lowest BCUT2D eigenvalue weighted by atomic mass is 10.1. The molecular formula is C37H40O10. The van der Waals surface area contributed by atoms with Gasteiger partial charge in [-0.25, -0.2) is 24.1 Å². The predicted octanol–water partition coefficient (Wildman–Crippen LogP) is 7.77. The topological polar surface area (TPSA) is 124 Å². The number of esters is 3. The average molecular weight is 645 g/mol. The Bertz CT molecular complexity index is 1440. The monoisotopic (exact) mass is 644 g/mol. The van der Waals surface area contributed by atoms with E-state index in [9.17, 15) is 19.2 Å². The second-order valence-electron chi connectivity index (χ2n) is 10.4.